The Balaban J connectivity index is 2.26. The van der Waals surface area contributed by atoms with E-state index in [1.165, 1.54) is 32.1 Å². The van der Waals surface area contributed by atoms with Crippen molar-refractivity contribution in [1.82, 2.24) is 0 Å². The highest BCUT2D eigenvalue weighted by atomic mass is 16.4. The minimum Gasteiger partial charge on any atom is -0.481 e. The lowest BCUT2D eigenvalue weighted by atomic mass is 9.83. The number of hydrogen-bond acceptors (Lipinski definition) is 3. The van der Waals surface area contributed by atoms with Crippen LogP contribution in [0.25, 0.3) is 0 Å². The van der Waals surface area contributed by atoms with Crippen molar-refractivity contribution in [3.8, 4) is 0 Å². The smallest absolute Gasteiger partial charge is 0.304 e. The summed E-state index contributed by atoms with van der Waals surface area (Å²) in [6.07, 6.45) is 7.22. The number of carbonyl (C=O) groups is 1. The van der Waals surface area contributed by atoms with Gasteiger partial charge in [-0.3, -0.25) is 4.79 Å². The molecule has 0 aromatic carbocycles. The van der Waals surface area contributed by atoms with Gasteiger partial charge in [0.25, 0.3) is 0 Å². The van der Waals surface area contributed by atoms with Crippen LogP contribution in [0, 0.1) is 5.92 Å². The van der Waals surface area contributed by atoms with Crippen LogP contribution in [0.2, 0.25) is 0 Å². The molecule has 0 aliphatic heterocycles. The van der Waals surface area contributed by atoms with Gasteiger partial charge in [0.15, 0.2) is 0 Å². The summed E-state index contributed by atoms with van der Waals surface area (Å²) in [5.74, 6) is -0.199. The highest BCUT2D eigenvalue weighted by Crippen LogP contribution is 2.27. The Morgan fingerprint density at radius 3 is 2.33 bits per heavy atom. The van der Waals surface area contributed by atoms with Gasteiger partial charge >= 0.3 is 5.97 Å². The fourth-order valence-electron chi connectivity index (χ4n) is 2.34. The van der Waals surface area contributed by atoms with E-state index in [1.807, 2.05) is 0 Å². The van der Waals surface area contributed by atoms with Crippen molar-refractivity contribution in [2.45, 2.75) is 57.0 Å². The first-order valence-corrected chi connectivity index (χ1v) is 5.82. The summed E-state index contributed by atoms with van der Waals surface area (Å²) >= 11 is 0. The molecule has 2 atom stereocenters. The molecule has 0 saturated heterocycles. The van der Waals surface area contributed by atoms with Gasteiger partial charge in [-0.25, -0.2) is 0 Å². The van der Waals surface area contributed by atoms with Crippen molar-refractivity contribution >= 4 is 5.97 Å². The zero-order valence-corrected chi connectivity index (χ0v) is 9.19. The monoisotopic (exact) mass is 214 g/mol. The second-order valence-corrected chi connectivity index (χ2v) is 4.67. The molecule has 1 aliphatic rings. The third kappa shape index (κ3) is 4.62. The third-order valence-electron chi connectivity index (χ3n) is 3.29. The van der Waals surface area contributed by atoms with E-state index in [0.29, 0.717) is 5.92 Å². The van der Waals surface area contributed by atoms with E-state index >= 15 is 0 Å². The van der Waals surface area contributed by atoms with Crippen LogP contribution in [0.5, 0.6) is 0 Å². The van der Waals surface area contributed by atoms with Crippen LogP contribution in [0.3, 0.4) is 0 Å². The van der Waals surface area contributed by atoms with Crippen molar-refractivity contribution in [3.05, 3.63) is 0 Å². The predicted octanol–water partition coefficient (Wildman–Crippen LogP) is 1.09. The van der Waals surface area contributed by atoms with Crippen LogP contribution >= 0.6 is 0 Å². The van der Waals surface area contributed by atoms with E-state index in [1.54, 1.807) is 0 Å². The van der Waals surface area contributed by atoms with Gasteiger partial charge in [-0.2, -0.15) is 0 Å². The predicted molar refractivity (Wildman–Crippen MR) is 59.4 cm³/mol. The van der Waals surface area contributed by atoms with Gasteiger partial charge in [-0.1, -0.05) is 32.1 Å². The van der Waals surface area contributed by atoms with E-state index < -0.39 is 12.0 Å². The molecule has 88 valence electrons. The first-order chi connectivity index (χ1) is 7.09. The summed E-state index contributed by atoms with van der Waals surface area (Å²) in [5, 5.41) is 8.60. The molecule has 0 aromatic heterocycles. The van der Waals surface area contributed by atoms with Crippen LogP contribution in [0.1, 0.15) is 44.9 Å². The van der Waals surface area contributed by atoms with Gasteiger partial charge in [0, 0.05) is 12.1 Å². The van der Waals surface area contributed by atoms with Crippen molar-refractivity contribution in [2.75, 3.05) is 0 Å². The lowest BCUT2D eigenvalue weighted by Gasteiger charge is -2.27. The molecule has 4 nitrogen and oxygen atoms in total. The Morgan fingerprint density at radius 1 is 1.20 bits per heavy atom. The molecule has 0 heterocycles. The number of aliphatic carboxylic acids is 1. The second kappa shape index (κ2) is 6.08. The Morgan fingerprint density at radius 2 is 1.80 bits per heavy atom. The van der Waals surface area contributed by atoms with E-state index in [0.717, 1.165) is 6.42 Å². The summed E-state index contributed by atoms with van der Waals surface area (Å²) < 4.78 is 0. The van der Waals surface area contributed by atoms with E-state index in [-0.39, 0.29) is 12.5 Å². The van der Waals surface area contributed by atoms with Crippen molar-refractivity contribution in [2.24, 2.45) is 17.4 Å². The zero-order chi connectivity index (χ0) is 11.3. The lowest BCUT2D eigenvalue weighted by Crippen LogP contribution is -2.44. The van der Waals surface area contributed by atoms with Crippen LogP contribution < -0.4 is 11.5 Å². The maximum atomic E-state index is 10.5. The number of carboxylic acids is 1. The van der Waals surface area contributed by atoms with Gasteiger partial charge in [-0.05, 0) is 12.3 Å². The molecule has 5 N–H and O–H groups in total. The Labute approximate surface area is 91.0 Å². The molecule has 15 heavy (non-hydrogen) atoms. The minimum atomic E-state index is -0.860. The van der Waals surface area contributed by atoms with Crippen LogP contribution in [0.15, 0.2) is 0 Å². The first kappa shape index (κ1) is 12.5. The summed E-state index contributed by atoms with van der Waals surface area (Å²) in [5.41, 5.74) is 11.6. The minimum absolute atomic E-state index is 0.0200. The van der Waals surface area contributed by atoms with Crippen molar-refractivity contribution < 1.29 is 9.90 Å². The summed E-state index contributed by atoms with van der Waals surface area (Å²) in [7, 11) is 0. The maximum Gasteiger partial charge on any atom is 0.304 e. The molecule has 2 unspecified atom stereocenters. The van der Waals surface area contributed by atoms with E-state index in [9.17, 15) is 4.79 Å². The van der Waals surface area contributed by atoms with Gasteiger partial charge in [0.2, 0.25) is 0 Å². The molecule has 1 saturated carbocycles. The molecular formula is C11H22N2O2. The molecule has 0 spiro atoms. The Kier molecular flexibility index (Phi) is 5.05. The van der Waals surface area contributed by atoms with E-state index in [2.05, 4.69) is 0 Å². The van der Waals surface area contributed by atoms with Gasteiger partial charge in [0.1, 0.15) is 0 Å². The molecule has 1 rings (SSSR count). The highest BCUT2D eigenvalue weighted by Gasteiger charge is 2.22. The fourth-order valence-corrected chi connectivity index (χ4v) is 2.34. The van der Waals surface area contributed by atoms with E-state index in [4.69, 9.17) is 16.6 Å². The summed E-state index contributed by atoms with van der Waals surface area (Å²) in [6.45, 7) is 0. The molecule has 0 radical (unpaired) electrons. The van der Waals surface area contributed by atoms with Crippen molar-refractivity contribution in [3.63, 3.8) is 0 Å². The van der Waals surface area contributed by atoms with Gasteiger partial charge in [0.05, 0.1) is 6.42 Å². The Bertz CT molecular complexity index is 203. The van der Waals surface area contributed by atoms with Crippen molar-refractivity contribution in [1.29, 1.82) is 0 Å². The number of carboxylic acid groups (broad SMARTS) is 1. The van der Waals surface area contributed by atoms with Crippen LogP contribution in [0.4, 0.5) is 0 Å². The van der Waals surface area contributed by atoms with Crippen LogP contribution in [-0.4, -0.2) is 23.2 Å². The third-order valence-corrected chi connectivity index (χ3v) is 3.29. The quantitative estimate of drug-likeness (QED) is 0.639. The molecule has 1 fully saturated rings. The largest absolute Gasteiger partial charge is 0.481 e. The molecular weight excluding hydrogens is 192 g/mol. The van der Waals surface area contributed by atoms with Crippen LogP contribution in [-0.2, 0) is 4.79 Å². The lowest BCUT2D eigenvalue weighted by molar-refractivity contribution is -0.137. The fraction of sp³-hybridized carbons (Fsp3) is 0.909. The van der Waals surface area contributed by atoms with Gasteiger partial charge in [-0.15, -0.1) is 0 Å². The average Bonchev–Trinajstić information content (AvgIpc) is 2.18. The second-order valence-electron chi connectivity index (χ2n) is 4.67. The number of nitrogens with two attached hydrogens (primary N) is 2. The average molecular weight is 214 g/mol. The normalized spacial score (nSPS) is 22.3. The molecule has 0 aromatic rings. The summed E-state index contributed by atoms with van der Waals surface area (Å²) in [6, 6.07) is -0.561. The molecule has 0 amide bonds. The Hall–Kier alpha value is -0.610. The maximum absolute atomic E-state index is 10.5. The van der Waals surface area contributed by atoms with Gasteiger partial charge < -0.3 is 16.6 Å². The standard InChI is InChI=1S/C11H22N2O2/c12-9(10(13)7-11(14)15)6-8-4-2-1-3-5-8/h8-10H,1-7,12-13H2,(H,14,15). The number of hydrogen-bond donors (Lipinski definition) is 3. The zero-order valence-electron chi connectivity index (χ0n) is 9.19. The highest BCUT2D eigenvalue weighted by molar-refractivity contribution is 5.67. The molecule has 4 heteroatoms. The molecule has 0 bridgehead atoms. The first-order valence-electron chi connectivity index (χ1n) is 5.82. The SMILES string of the molecule is NC(CC(=O)O)C(N)CC1CCCCC1. The summed E-state index contributed by atoms with van der Waals surface area (Å²) in [4.78, 5) is 10.5. The topological polar surface area (TPSA) is 89.3 Å². The molecule has 1 aliphatic carbocycles. The number of rotatable bonds is 5.